The average Bonchev–Trinajstić information content (AvgIpc) is 3.42. The zero-order valence-electron chi connectivity index (χ0n) is 13.0. The molecule has 1 heterocycles. The minimum Gasteiger partial charge on any atom is -0.491 e. The molecule has 1 atom stereocenters. The molecule has 1 unspecified atom stereocenters. The largest absolute Gasteiger partial charge is 0.491 e. The third-order valence-electron chi connectivity index (χ3n) is 3.48. The summed E-state index contributed by atoms with van der Waals surface area (Å²) in [5, 5.41) is 3.39. The molecule has 0 bridgehead atoms. The van der Waals surface area contributed by atoms with Crippen molar-refractivity contribution in [2.45, 2.75) is 12.6 Å². The fraction of sp³-hybridized carbons (Fsp3) is 0.263. The van der Waals surface area contributed by atoms with Gasteiger partial charge in [-0.3, -0.25) is 0 Å². The highest BCUT2D eigenvalue weighted by atomic mass is 16.6. The highest BCUT2D eigenvalue weighted by Crippen LogP contribution is 2.19. The van der Waals surface area contributed by atoms with Crippen LogP contribution in [0.25, 0.3) is 0 Å². The highest BCUT2D eigenvalue weighted by molar-refractivity contribution is 5.47. The number of rotatable bonds is 9. The average molecular weight is 311 g/mol. The monoisotopic (exact) mass is 311 g/mol. The van der Waals surface area contributed by atoms with Gasteiger partial charge in [-0.25, -0.2) is 0 Å². The van der Waals surface area contributed by atoms with Gasteiger partial charge in [-0.05, 0) is 42.0 Å². The summed E-state index contributed by atoms with van der Waals surface area (Å²) in [4.78, 5) is 0. The Kier molecular flexibility index (Phi) is 5.17. The molecule has 1 aliphatic rings. The Bertz CT molecular complexity index is 618. The van der Waals surface area contributed by atoms with E-state index in [4.69, 9.17) is 14.2 Å². The molecule has 1 fully saturated rings. The molecule has 0 radical (unpaired) electrons. The van der Waals surface area contributed by atoms with E-state index in [2.05, 4.69) is 24.0 Å². The number of anilines is 1. The lowest BCUT2D eigenvalue weighted by Crippen LogP contribution is -2.04. The maximum absolute atomic E-state index is 5.62. The Hall–Kier alpha value is -2.46. The van der Waals surface area contributed by atoms with E-state index in [0.29, 0.717) is 13.2 Å². The Labute approximate surface area is 136 Å². The van der Waals surface area contributed by atoms with E-state index in [9.17, 15) is 0 Å². The van der Waals surface area contributed by atoms with Crippen LogP contribution in [-0.4, -0.2) is 25.9 Å². The van der Waals surface area contributed by atoms with E-state index in [-0.39, 0.29) is 6.10 Å². The van der Waals surface area contributed by atoms with Crippen LogP contribution in [0.5, 0.6) is 11.5 Å². The summed E-state index contributed by atoms with van der Waals surface area (Å²) in [5.74, 6) is 1.73. The number of epoxide rings is 1. The Morgan fingerprint density at radius 2 is 1.70 bits per heavy atom. The predicted molar refractivity (Wildman–Crippen MR) is 91.1 cm³/mol. The van der Waals surface area contributed by atoms with Gasteiger partial charge in [0, 0.05) is 12.2 Å². The second-order valence-corrected chi connectivity index (χ2v) is 5.39. The minimum atomic E-state index is 0.284. The number of benzene rings is 2. The van der Waals surface area contributed by atoms with Gasteiger partial charge < -0.3 is 19.5 Å². The van der Waals surface area contributed by atoms with Crippen molar-refractivity contribution >= 4 is 5.69 Å². The van der Waals surface area contributed by atoms with E-state index in [1.54, 1.807) is 6.08 Å². The zero-order valence-corrected chi connectivity index (χ0v) is 13.0. The molecular formula is C19H21NO3. The summed E-state index contributed by atoms with van der Waals surface area (Å²) in [7, 11) is 0. The summed E-state index contributed by atoms with van der Waals surface area (Å²) < 4.78 is 16.2. The Balaban J connectivity index is 1.46. The van der Waals surface area contributed by atoms with Gasteiger partial charge in [0.25, 0.3) is 0 Å². The summed E-state index contributed by atoms with van der Waals surface area (Å²) in [6, 6.07) is 16.0. The summed E-state index contributed by atoms with van der Waals surface area (Å²) in [6.45, 7) is 6.37. The van der Waals surface area contributed by atoms with Gasteiger partial charge in [0.1, 0.15) is 30.8 Å². The topological polar surface area (TPSA) is 43.0 Å². The van der Waals surface area contributed by atoms with Crippen molar-refractivity contribution in [3.8, 4) is 11.5 Å². The molecule has 1 aliphatic heterocycles. The Morgan fingerprint density at radius 3 is 2.35 bits per heavy atom. The second kappa shape index (κ2) is 7.70. The lowest BCUT2D eigenvalue weighted by atomic mass is 10.2. The van der Waals surface area contributed by atoms with E-state index >= 15 is 0 Å². The fourth-order valence-corrected chi connectivity index (χ4v) is 2.09. The first-order chi connectivity index (χ1) is 11.3. The van der Waals surface area contributed by atoms with E-state index in [1.165, 1.54) is 5.56 Å². The summed E-state index contributed by atoms with van der Waals surface area (Å²) in [6.07, 6.45) is 2.02. The maximum atomic E-state index is 5.62. The molecule has 0 aliphatic carbocycles. The smallest absolute Gasteiger partial charge is 0.119 e. The zero-order chi connectivity index (χ0) is 15.9. The van der Waals surface area contributed by atoms with Gasteiger partial charge in [0.2, 0.25) is 0 Å². The molecule has 0 amide bonds. The maximum Gasteiger partial charge on any atom is 0.119 e. The first kappa shape index (κ1) is 15.4. The lowest BCUT2D eigenvalue weighted by Gasteiger charge is -2.09. The molecule has 0 saturated carbocycles. The van der Waals surface area contributed by atoms with E-state index in [1.807, 2.05) is 36.4 Å². The van der Waals surface area contributed by atoms with Crippen LogP contribution in [0.3, 0.4) is 0 Å². The van der Waals surface area contributed by atoms with Crippen LogP contribution < -0.4 is 14.8 Å². The lowest BCUT2D eigenvalue weighted by molar-refractivity contribution is 0.263. The van der Waals surface area contributed by atoms with Crippen LogP contribution in [-0.2, 0) is 11.3 Å². The summed E-state index contributed by atoms with van der Waals surface area (Å²) in [5.41, 5.74) is 2.26. The first-order valence-electron chi connectivity index (χ1n) is 7.74. The molecule has 3 rings (SSSR count). The highest BCUT2D eigenvalue weighted by Gasteiger charge is 2.22. The van der Waals surface area contributed by atoms with E-state index < -0.39 is 0 Å². The van der Waals surface area contributed by atoms with Gasteiger partial charge in [-0.1, -0.05) is 24.8 Å². The van der Waals surface area contributed by atoms with Crippen molar-refractivity contribution in [1.29, 1.82) is 0 Å². The fourth-order valence-electron chi connectivity index (χ4n) is 2.09. The molecule has 2 aromatic carbocycles. The van der Waals surface area contributed by atoms with E-state index in [0.717, 1.165) is 30.3 Å². The SMILES string of the molecule is C=CCOc1ccc(CNc2ccc(OCC3CO3)cc2)cc1. The predicted octanol–water partition coefficient (Wildman–Crippen LogP) is 3.64. The summed E-state index contributed by atoms with van der Waals surface area (Å²) >= 11 is 0. The number of hydrogen-bond acceptors (Lipinski definition) is 4. The Morgan fingerprint density at radius 1 is 1.04 bits per heavy atom. The van der Waals surface area contributed by atoms with Crippen molar-refractivity contribution in [3.05, 3.63) is 66.7 Å². The van der Waals surface area contributed by atoms with Crippen molar-refractivity contribution < 1.29 is 14.2 Å². The molecule has 120 valence electrons. The molecule has 4 heteroatoms. The first-order valence-corrected chi connectivity index (χ1v) is 7.74. The number of ether oxygens (including phenoxy) is 3. The molecule has 1 N–H and O–H groups in total. The van der Waals surface area contributed by atoms with Crippen LogP contribution in [0.2, 0.25) is 0 Å². The van der Waals surface area contributed by atoms with Crippen LogP contribution >= 0.6 is 0 Å². The molecular weight excluding hydrogens is 290 g/mol. The van der Waals surface area contributed by atoms with Crippen LogP contribution in [0.1, 0.15) is 5.56 Å². The van der Waals surface area contributed by atoms with Crippen molar-refractivity contribution in [3.63, 3.8) is 0 Å². The van der Waals surface area contributed by atoms with Gasteiger partial charge in [-0.2, -0.15) is 0 Å². The van der Waals surface area contributed by atoms with Gasteiger partial charge in [0.05, 0.1) is 6.61 Å². The normalized spacial score (nSPS) is 15.7. The number of hydrogen-bond donors (Lipinski definition) is 1. The molecule has 0 spiro atoms. The minimum absolute atomic E-state index is 0.284. The van der Waals surface area contributed by atoms with Crippen molar-refractivity contribution in [1.82, 2.24) is 0 Å². The third-order valence-corrected chi connectivity index (χ3v) is 3.48. The quantitative estimate of drug-likeness (QED) is 0.567. The van der Waals surface area contributed by atoms with Gasteiger partial charge >= 0.3 is 0 Å². The molecule has 4 nitrogen and oxygen atoms in total. The van der Waals surface area contributed by atoms with Crippen molar-refractivity contribution in [2.75, 3.05) is 25.1 Å². The molecule has 0 aromatic heterocycles. The molecule has 2 aromatic rings. The standard InChI is InChI=1S/C19H21NO3/c1-2-11-21-17-7-3-15(4-8-17)12-20-16-5-9-18(10-6-16)22-13-19-14-23-19/h2-10,19-20H,1,11-14H2. The van der Waals surface area contributed by atoms with Crippen LogP contribution in [0.15, 0.2) is 61.2 Å². The van der Waals surface area contributed by atoms with Crippen LogP contribution in [0.4, 0.5) is 5.69 Å². The van der Waals surface area contributed by atoms with Crippen molar-refractivity contribution in [2.24, 2.45) is 0 Å². The van der Waals surface area contributed by atoms with Crippen LogP contribution in [0, 0.1) is 0 Å². The second-order valence-electron chi connectivity index (χ2n) is 5.39. The molecule has 23 heavy (non-hydrogen) atoms. The van der Waals surface area contributed by atoms with Gasteiger partial charge in [-0.15, -0.1) is 0 Å². The third kappa shape index (κ3) is 5.04. The van der Waals surface area contributed by atoms with Gasteiger partial charge in [0.15, 0.2) is 0 Å². The number of nitrogens with one attached hydrogen (secondary N) is 1. The molecule has 1 saturated heterocycles.